The lowest BCUT2D eigenvalue weighted by Crippen LogP contribution is -2.09. The minimum Gasteiger partial charge on any atom is -0.481 e. The van der Waals surface area contributed by atoms with Gasteiger partial charge in [-0.05, 0) is 54.4 Å². The fourth-order valence-corrected chi connectivity index (χ4v) is 2.34. The summed E-state index contributed by atoms with van der Waals surface area (Å²) in [5.74, 6) is -0.647. The van der Waals surface area contributed by atoms with E-state index in [1.807, 2.05) is 13.0 Å². The third kappa shape index (κ3) is 3.05. The molecule has 3 heteroatoms. The maximum absolute atomic E-state index is 13.4. The summed E-state index contributed by atoms with van der Waals surface area (Å²) >= 11 is 0. The zero-order valence-corrected chi connectivity index (χ0v) is 9.95. The molecule has 0 bridgehead atoms. The van der Waals surface area contributed by atoms with Gasteiger partial charge in [0.25, 0.3) is 0 Å². The second-order valence-corrected chi connectivity index (χ2v) is 4.79. The van der Waals surface area contributed by atoms with Crippen LogP contribution in [0.3, 0.4) is 0 Å². The van der Waals surface area contributed by atoms with Crippen LogP contribution < -0.4 is 0 Å². The Hall–Kier alpha value is -1.38. The molecule has 92 valence electrons. The Morgan fingerprint density at radius 2 is 2.18 bits per heavy atom. The van der Waals surface area contributed by atoms with E-state index in [9.17, 15) is 9.18 Å². The normalized spacial score (nSPS) is 16.8. The average Bonchev–Trinajstić information content (AvgIpc) is 3.08. The molecule has 1 aliphatic carbocycles. The molecule has 1 aliphatic rings. The van der Waals surface area contributed by atoms with Crippen molar-refractivity contribution in [3.8, 4) is 0 Å². The molecular weight excluding hydrogens is 219 g/mol. The zero-order chi connectivity index (χ0) is 12.4. The van der Waals surface area contributed by atoms with Crippen molar-refractivity contribution in [2.24, 2.45) is 5.92 Å². The molecule has 0 spiro atoms. The van der Waals surface area contributed by atoms with Crippen LogP contribution >= 0.6 is 0 Å². The molecule has 17 heavy (non-hydrogen) atoms. The molecule has 1 atom stereocenters. The van der Waals surface area contributed by atoms with Gasteiger partial charge in [0.1, 0.15) is 5.82 Å². The number of hydrogen-bond acceptors (Lipinski definition) is 1. The Kier molecular flexibility index (Phi) is 3.46. The third-order valence-electron chi connectivity index (χ3n) is 3.40. The first kappa shape index (κ1) is 12.1. The van der Waals surface area contributed by atoms with E-state index in [0.29, 0.717) is 5.92 Å². The summed E-state index contributed by atoms with van der Waals surface area (Å²) in [7, 11) is 0. The Bertz CT molecular complexity index is 424. The van der Waals surface area contributed by atoms with Crippen LogP contribution in [-0.2, 0) is 11.2 Å². The topological polar surface area (TPSA) is 37.3 Å². The Morgan fingerprint density at radius 1 is 1.47 bits per heavy atom. The van der Waals surface area contributed by atoms with Crippen LogP contribution in [0, 0.1) is 11.7 Å². The van der Waals surface area contributed by atoms with Gasteiger partial charge in [-0.2, -0.15) is 0 Å². The number of carboxylic acids is 1. The lowest BCUT2D eigenvalue weighted by Gasteiger charge is -2.15. The summed E-state index contributed by atoms with van der Waals surface area (Å²) in [4.78, 5) is 10.9. The van der Waals surface area contributed by atoms with Crippen LogP contribution in [0.25, 0.3) is 0 Å². The van der Waals surface area contributed by atoms with Crippen LogP contribution in [0.2, 0.25) is 0 Å². The smallest absolute Gasteiger partial charge is 0.303 e. The largest absolute Gasteiger partial charge is 0.481 e. The second kappa shape index (κ2) is 4.86. The summed E-state index contributed by atoms with van der Waals surface area (Å²) in [5.41, 5.74) is 1.79. The molecule has 0 heterocycles. The van der Waals surface area contributed by atoms with Gasteiger partial charge in [0.2, 0.25) is 0 Å². The van der Waals surface area contributed by atoms with Crippen molar-refractivity contribution in [3.05, 3.63) is 35.1 Å². The molecule has 1 aromatic carbocycles. The Morgan fingerprint density at radius 3 is 2.71 bits per heavy atom. The standard InChI is InChI=1S/C14H17FO2/c1-2-9-5-11(7-12(15)6-9)13(8-14(16)17)10-3-4-10/h5-7,10,13H,2-4,8H2,1H3,(H,16,17). The van der Waals surface area contributed by atoms with Gasteiger partial charge in [-0.15, -0.1) is 0 Å². The van der Waals surface area contributed by atoms with Gasteiger partial charge in [-0.3, -0.25) is 4.79 Å². The molecule has 0 saturated heterocycles. The highest BCUT2D eigenvalue weighted by atomic mass is 19.1. The van der Waals surface area contributed by atoms with Gasteiger partial charge in [0.05, 0.1) is 6.42 Å². The van der Waals surface area contributed by atoms with Crippen molar-refractivity contribution in [3.63, 3.8) is 0 Å². The maximum Gasteiger partial charge on any atom is 0.303 e. The summed E-state index contributed by atoms with van der Waals surface area (Å²) in [5, 5.41) is 8.92. The summed E-state index contributed by atoms with van der Waals surface area (Å²) in [6, 6.07) is 4.97. The lowest BCUT2D eigenvalue weighted by atomic mass is 9.89. The number of aryl methyl sites for hydroxylation is 1. The van der Waals surface area contributed by atoms with E-state index in [-0.39, 0.29) is 18.2 Å². The molecule has 0 aromatic heterocycles. The van der Waals surface area contributed by atoms with Crippen molar-refractivity contribution in [1.29, 1.82) is 0 Å². The zero-order valence-electron chi connectivity index (χ0n) is 9.95. The van der Waals surface area contributed by atoms with Gasteiger partial charge in [0, 0.05) is 0 Å². The molecule has 1 saturated carbocycles. The molecule has 0 aliphatic heterocycles. The van der Waals surface area contributed by atoms with Crippen molar-refractivity contribution >= 4 is 5.97 Å². The molecule has 2 rings (SSSR count). The number of hydrogen-bond donors (Lipinski definition) is 1. The minimum absolute atomic E-state index is 0.0199. The van der Waals surface area contributed by atoms with E-state index in [4.69, 9.17) is 5.11 Å². The highest BCUT2D eigenvalue weighted by molar-refractivity contribution is 5.68. The number of aliphatic carboxylic acids is 1. The van der Waals surface area contributed by atoms with Crippen molar-refractivity contribution in [2.75, 3.05) is 0 Å². The van der Waals surface area contributed by atoms with Crippen LogP contribution in [0.4, 0.5) is 4.39 Å². The summed E-state index contributed by atoms with van der Waals surface area (Å²) in [6.45, 7) is 1.97. The molecule has 0 amide bonds. The first-order valence-electron chi connectivity index (χ1n) is 6.11. The predicted octanol–water partition coefficient (Wildman–Crippen LogP) is 3.36. The third-order valence-corrected chi connectivity index (χ3v) is 3.40. The van der Waals surface area contributed by atoms with E-state index < -0.39 is 5.97 Å². The fourth-order valence-electron chi connectivity index (χ4n) is 2.34. The van der Waals surface area contributed by atoms with E-state index in [1.54, 1.807) is 0 Å². The van der Waals surface area contributed by atoms with Gasteiger partial charge in [-0.25, -0.2) is 4.39 Å². The van der Waals surface area contributed by atoms with Crippen LogP contribution in [0.5, 0.6) is 0 Å². The molecule has 1 N–H and O–H groups in total. The Balaban J connectivity index is 2.28. The minimum atomic E-state index is -0.802. The monoisotopic (exact) mass is 236 g/mol. The van der Waals surface area contributed by atoms with Gasteiger partial charge in [-0.1, -0.05) is 13.0 Å². The lowest BCUT2D eigenvalue weighted by molar-refractivity contribution is -0.137. The first-order chi connectivity index (χ1) is 8.10. The van der Waals surface area contributed by atoms with E-state index in [1.165, 1.54) is 12.1 Å². The maximum atomic E-state index is 13.4. The van der Waals surface area contributed by atoms with Gasteiger partial charge in [0.15, 0.2) is 0 Å². The number of halogens is 1. The number of carboxylic acid groups (broad SMARTS) is 1. The SMILES string of the molecule is CCc1cc(F)cc(C(CC(=O)O)C2CC2)c1. The Labute approximate surface area is 100 Å². The van der Waals surface area contributed by atoms with Crippen LogP contribution in [0.15, 0.2) is 18.2 Å². The second-order valence-electron chi connectivity index (χ2n) is 4.79. The van der Waals surface area contributed by atoms with E-state index >= 15 is 0 Å². The number of rotatable bonds is 5. The van der Waals surface area contributed by atoms with Crippen molar-refractivity contribution < 1.29 is 14.3 Å². The van der Waals surface area contributed by atoms with Crippen LogP contribution in [0.1, 0.15) is 43.2 Å². The van der Waals surface area contributed by atoms with E-state index in [2.05, 4.69) is 0 Å². The van der Waals surface area contributed by atoms with Crippen LogP contribution in [-0.4, -0.2) is 11.1 Å². The fraction of sp³-hybridized carbons (Fsp3) is 0.500. The molecule has 1 unspecified atom stereocenters. The van der Waals surface area contributed by atoms with Gasteiger partial charge >= 0.3 is 5.97 Å². The number of carbonyl (C=O) groups is 1. The summed E-state index contributed by atoms with van der Waals surface area (Å²) < 4.78 is 13.4. The van der Waals surface area contributed by atoms with E-state index in [0.717, 1.165) is 30.4 Å². The van der Waals surface area contributed by atoms with Crippen molar-refractivity contribution in [2.45, 2.75) is 38.5 Å². The quantitative estimate of drug-likeness (QED) is 0.851. The predicted molar refractivity (Wildman–Crippen MR) is 63.5 cm³/mol. The summed E-state index contributed by atoms with van der Waals surface area (Å²) in [6.07, 6.45) is 3.01. The molecule has 1 fully saturated rings. The number of benzene rings is 1. The highest BCUT2D eigenvalue weighted by Crippen LogP contribution is 2.44. The molecule has 2 nitrogen and oxygen atoms in total. The average molecular weight is 236 g/mol. The molecule has 1 aromatic rings. The van der Waals surface area contributed by atoms with Gasteiger partial charge < -0.3 is 5.11 Å². The highest BCUT2D eigenvalue weighted by Gasteiger charge is 2.34. The molecular formula is C14H17FO2. The molecule has 0 radical (unpaired) electrons. The first-order valence-corrected chi connectivity index (χ1v) is 6.11. The van der Waals surface area contributed by atoms with Crippen molar-refractivity contribution in [1.82, 2.24) is 0 Å².